The molecule has 0 spiro atoms. The number of ether oxygens (including phenoxy) is 1. The first kappa shape index (κ1) is 13.4. The molecule has 0 radical (unpaired) electrons. The number of rotatable bonds is 3. The van der Waals surface area contributed by atoms with Crippen LogP contribution < -0.4 is 0 Å². The maximum Gasteiger partial charge on any atom is 0.313 e. The van der Waals surface area contributed by atoms with E-state index >= 15 is 0 Å². The van der Waals surface area contributed by atoms with Crippen LogP contribution in [0.2, 0.25) is 0 Å². The third-order valence-electron chi connectivity index (χ3n) is 5.42. The normalized spacial score (nSPS) is 40.0. The van der Waals surface area contributed by atoms with E-state index in [0.29, 0.717) is 32.2 Å². The van der Waals surface area contributed by atoms with Gasteiger partial charge in [-0.15, -0.1) is 0 Å². The van der Waals surface area contributed by atoms with Crippen molar-refractivity contribution >= 4 is 5.97 Å². The molecule has 1 N–H and O–H groups in total. The van der Waals surface area contributed by atoms with Crippen molar-refractivity contribution in [2.75, 3.05) is 26.3 Å². The van der Waals surface area contributed by atoms with Crippen LogP contribution in [0.3, 0.4) is 0 Å². The third-order valence-corrected chi connectivity index (χ3v) is 5.42. The maximum atomic E-state index is 11.7. The molecule has 1 saturated carbocycles. The lowest BCUT2D eigenvalue weighted by atomic mass is 9.76. The predicted molar refractivity (Wildman–Crippen MR) is 72.1 cm³/mol. The van der Waals surface area contributed by atoms with E-state index in [1.165, 1.54) is 38.5 Å². The zero-order valence-electron chi connectivity index (χ0n) is 11.6. The molecule has 3 atom stereocenters. The van der Waals surface area contributed by atoms with Crippen molar-refractivity contribution in [3.63, 3.8) is 0 Å². The van der Waals surface area contributed by atoms with Crippen LogP contribution in [0, 0.1) is 11.3 Å². The minimum atomic E-state index is -0.664. The lowest BCUT2D eigenvalue weighted by Gasteiger charge is -2.46. The van der Waals surface area contributed by atoms with Gasteiger partial charge in [0.1, 0.15) is 5.41 Å². The number of hydrogen-bond donors (Lipinski definition) is 1. The van der Waals surface area contributed by atoms with Crippen LogP contribution in [-0.4, -0.2) is 48.3 Å². The zero-order valence-corrected chi connectivity index (χ0v) is 11.6. The molecule has 0 aromatic heterocycles. The highest BCUT2D eigenvalue weighted by Crippen LogP contribution is 2.38. The number of carboxylic acid groups (broad SMARTS) is 1. The van der Waals surface area contributed by atoms with Crippen LogP contribution in [0.4, 0.5) is 0 Å². The molecule has 0 aromatic carbocycles. The van der Waals surface area contributed by atoms with Crippen molar-refractivity contribution in [2.45, 2.75) is 51.0 Å². The van der Waals surface area contributed by atoms with Crippen molar-refractivity contribution in [2.24, 2.45) is 11.3 Å². The van der Waals surface area contributed by atoms with E-state index in [4.69, 9.17) is 4.74 Å². The molecule has 1 aliphatic carbocycles. The Morgan fingerprint density at radius 3 is 2.79 bits per heavy atom. The summed E-state index contributed by atoms with van der Waals surface area (Å²) >= 11 is 0. The number of likely N-dealkylation sites (tertiary alicyclic amines) is 1. The topological polar surface area (TPSA) is 49.8 Å². The summed E-state index contributed by atoms with van der Waals surface area (Å²) in [6, 6.07) is 0.638. The number of piperidine rings is 1. The molecule has 3 aliphatic rings. The van der Waals surface area contributed by atoms with Crippen LogP contribution in [0.1, 0.15) is 44.9 Å². The molecular formula is C15H25NO3. The van der Waals surface area contributed by atoms with Gasteiger partial charge >= 0.3 is 5.97 Å². The third kappa shape index (κ3) is 2.52. The lowest BCUT2D eigenvalue weighted by Crippen LogP contribution is -2.53. The Hall–Kier alpha value is -0.610. The molecule has 3 rings (SSSR count). The van der Waals surface area contributed by atoms with Gasteiger partial charge in [-0.3, -0.25) is 9.69 Å². The van der Waals surface area contributed by atoms with Gasteiger partial charge in [-0.05, 0) is 44.6 Å². The second-order valence-electron chi connectivity index (χ2n) is 6.61. The monoisotopic (exact) mass is 267 g/mol. The van der Waals surface area contributed by atoms with Gasteiger partial charge in [0.15, 0.2) is 0 Å². The molecule has 4 heteroatoms. The van der Waals surface area contributed by atoms with Crippen LogP contribution >= 0.6 is 0 Å². The molecular weight excluding hydrogens is 242 g/mol. The first-order chi connectivity index (χ1) is 9.21. The lowest BCUT2D eigenvalue weighted by molar-refractivity contribution is -0.151. The average Bonchev–Trinajstić information content (AvgIpc) is 2.89. The van der Waals surface area contributed by atoms with Gasteiger partial charge in [-0.2, -0.15) is 0 Å². The minimum absolute atomic E-state index is 0.399. The summed E-state index contributed by atoms with van der Waals surface area (Å²) < 4.78 is 5.39. The first-order valence-corrected chi connectivity index (χ1v) is 7.76. The molecule has 2 saturated heterocycles. The predicted octanol–water partition coefficient (Wildman–Crippen LogP) is 2.13. The fourth-order valence-corrected chi connectivity index (χ4v) is 4.28. The quantitative estimate of drug-likeness (QED) is 0.851. The van der Waals surface area contributed by atoms with Crippen molar-refractivity contribution in [1.82, 2.24) is 4.90 Å². The SMILES string of the molecule is O=C(O)C1(CN2CCC[C@H]3CCCC[C@H]32)CCOC1. The number of aliphatic carboxylic acids is 1. The maximum absolute atomic E-state index is 11.7. The van der Waals surface area contributed by atoms with Gasteiger partial charge in [-0.1, -0.05) is 12.8 Å². The van der Waals surface area contributed by atoms with E-state index in [1.54, 1.807) is 0 Å². The summed E-state index contributed by atoms with van der Waals surface area (Å²) in [4.78, 5) is 14.1. The van der Waals surface area contributed by atoms with Crippen molar-refractivity contribution in [3.8, 4) is 0 Å². The van der Waals surface area contributed by atoms with Gasteiger partial charge in [-0.25, -0.2) is 0 Å². The highest BCUT2D eigenvalue weighted by Gasteiger charge is 2.46. The minimum Gasteiger partial charge on any atom is -0.481 e. The molecule has 0 bridgehead atoms. The number of nitrogens with zero attached hydrogens (tertiary/aromatic N) is 1. The summed E-state index contributed by atoms with van der Waals surface area (Å²) in [6.07, 6.45) is 8.54. The largest absolute Gasteiger partial charge is 0.481 e. The highest BCUT2D eigenvalue weighted by molar-refractivity contribution is 5.75. The van der Waals surface area contributed by atoms with Gasteiger partial charge in [0.25, 0.3) is 0 Å². The molecule has 0 aromatic rings. The summed E-state index contributed by atoms with van der Waals surface area (Å²) in [5.41, 5.74) is -0.640. The van der Waals surface area contributed by atoms with Gasteiger partial charge in [0.05, 0.1) is 6.61 Å². The Labute approximate surface area is 115 Å². The number of hydrogen-bond acceptors (Lipinski definition) is 3. The number of carbonyl (C=O) groups is 1. The Balaban J connectivity index is 1.71. The Morgan fingerprint density at radius 2 is 2.05 bits per heavy atom. The Morgan fingerprint density at radius 1 is 1.26 bits per heavy atom. The van der Waals surface area contributed by atoms with Gasteiger partial charge in [0, 0.05) is 19.2 Å². The molecule has 4 nitrogen and oxygen atoms in total. The zero-order chi connectivity index (χ0) is 13.3. The highest BCUT2D eigenvalue weighted by atomic mass is 16.5. The molecule has 1 unspecified atom stereocenters. The molecule has 2 heterocycles. The van der Waals surface area contributed by atoms with E-state index in [0.717, 1.165) is 12.5 Å². The van der Waals surface area contributed by atoms with E-state index in [-0.39, 0.29) is 0 Å². The van der Waals surface area contributed by atoms with E-state index < -0.39 is 11.4 Å². The average molecular weight is 267 g/mol. The summed E-state index contributed by atoms with van der Waals surface area (Å²) in [5.74, 6) is 0.151. The number of fused-ring (bicyclic) bond motifs is 1. The summed E-state index contributed by atoms with van der Waals surface area (Å²) in [5, 5.41) is 9.58. The smallest absolute Gasteiger partial charge is 0.313 e. The Bertz CT molecular complexity index is 336. The van der Waals surface area contributed by atoms with Crippen LogP contribution in [0.15, 0.2) is 0 Å². The molecule has 3 fully saturated rings. The van der Waals surface area contributed by atoms with Gasteiger partial charge in [0.2, 0.25) is 0 Å². The Kier molecular flexibility index (Phi) is 3.81. The molecule has 2 aliphatic heterocycles. The number of carboxylic acids is 1. The van der Waals surface area contributed by atoms with Crippen LogP contribution in [0.25, 0.3) is 0 Å². The van der Waals surface area contributed by atoms with E-state index in [2.05, 4.69) is 4.90 Å². The van der Waals surface area contributed by atoms with Crippen molar-refractivity contribution in [3.05, 3.63) is 0 Å². The van der Waals surface area contributed by atoms with Crippen molar-refractivity contribution < 1.29 is 14.6 Å². The fraction of sp³-hybridized carbons (Fsp3) is 0.933. The second kappa shape index (κ2) is 5.41. The second-order valence-corrected chi connectivity index (χ2v) is 6.61. The van der Waals surface area contributed by atoms with E-state index in [9.17, 15) is 9.90 Å². The fourth-order valence-electron chi connectivity index (χ4n) is 4.28. The molecule has 108 valence electrons. The van der Waals surface area contributed by atoms with Crippen LogP contribution in [0.5, 0.6) is 0 Å². The van der Waals surface area contributed by atoms with Gasteiger partial charge < -0.3 is 9.84 Å². The van der Waals surface area contributed by atoms with Crippen LogP contribution in [-0.2, 0) is 9.53 Å². The van der Waals surface area contributed by atoms with Crippen molar-refractivity contribution in [1.29, 1.82) is 0 Å². The molecule has 0 amide bonds. The summed E-state index contributed by atoms with van der Waals surface area (Å²) in [7, 11) is 0. The first-order valence-electron chi connectivity index (χ1n) is 7.76. The van der Waals surface area contributed by atoms with E-state index in [1.807, 2.05) is 0 Å². The standard InChI is InChI=1S/C15H25NO3/c17-14(18)15(7-9-19-11-15)10-16-8-3-5-12-4-1-2-6-13(12)16/h12-13H,1-11H2,(H,17,18)/t12-,13-,15?/m1/s1. The molecule has 19 heavy (non-hydrogen) atoms. The summed E-state index contributed by atoms with van der Waals surface area (Å²) in [6.45, 7) is 2.78.